The maximum atomic E-state index is 13.1. The first-order valence-electron chi connectivity index (χ1n) is 8.33. The molecule has 4 rings (SSSR count). The molecular weight excluding hydrogens is 348 g/mol. The van der Waals surface area contributed by atoms with Crippen molar-refractivity contribution in [1.29, 1.82) is 0 Å². The topological polar surface area (TPSA) is 66.5 Å². The number of anilines is 2. The van der Waals surface area contributed by atoms with Gasteiger partial charge in [0.25, 0.3) is 10.0 Å². The van der Waals surface area contributed by atoms with Crippen molar-refractivity contribution in [2.45, 2.75) is 24.8 Å². The Morgan fingerprint density at radius 3 is 2.35 bits per heavy atom. The van der Waals surface area contributed by atoms with E-state index in [2.05, 4.69) is 5.32 Å². The van der Waals surface area contributed by atoms with Crippen molar-refractivity contribution in [3.05, 3.63) is 66.2 Å². The molecule has 0 aromatic heterocycles. The van der Waals surface area contributed by atoms with Crippen LogP contribution in [0.1, 0.15) is 12.5 Å². The molecule has 6 heteroatoms. The van der Waals surface area contributed by atoms with Crippen LogP contribution in [0.4, 0.5) is 11.4 Å². The SMILES string of the molecule is Cc1ccc(NC(=O)[C@@H](C)N2c3cccc4cccc(c34)S2(=O)=O)cc1. The number of carbonyl (C=O) groups excluding carboxylic acids is 1. The van der Waals surface area contributed by atoms with Crippen LogP contribution in [0, 0.1) is 6.92 Å². The molecule has 1 N–H and O–H groups in total. The molecule has 1 aliphatic heterocycles. The van der Waals surface area contributed by atoms with E-state index < -0.39 is 16.1 Å². The van der Waals surface area contributed by atoms with E-state index in [0.29, 0.717) is 16.8 Å². The normalized spacial score (nSPS) is 15.8. The number of rotatable bonds is 3. The zero-order valence-corrected chi connectivity index (χ0v) is 15.2. The molecule has 0 fully saturated rings. The van der Waals surface area contributed by atoms with Crippen molar-refractivity contribution < 1.29 is 13.2 Å². The van der Waals surface area contributed by atoms with Crippen LogP contribution in [0.15, 0.2) is 65.6 Å². The Bertz CT molecular complexity index is 1120. The summed E-state index contributed by atoms with van der Waals surface area (Å²) in [6.07, 6.45) is 0. The van der Waals surface area contributed by atoms with E-state index in [1.807, 2.05) is 31.2 Å². The number of nitrogens with one attached hydrogen (secondary N) is 1. The molecule has 0 saturated carbocycles. The highest BCUT2D eigenvalue weighted by atomic mass is 32.2. The van der Waals surface area contributed by atoms with Gasteiger partial charge in [0.1, 0.15) is 6.04 Å². The number of amides is 1. The van der Waals surface area contributed by atoms with E-state index in [4.69, 9.17) is 0 Å². The zero-order valence-electron chi connectivity index (χ0n) is 14.4. The Balaban J connectivity index is 1.72. The third-order valence-electron chi connectivity index (χ3n) is 4.67. The van der Waals surface area contributed by atoms with Gasteiger partial charge in [-0.1, -0.05) is 42.0 Å². The molecule has 0 unspecified atom stereocenters. The van der Waals surface area contributed by atoms with Crippen molar-refractivity contribution >= 4 is 38.1 Å². The summed E-state index contributed by atoms with van der Waals surface area (Å²) < 4.78 is 27.3. The number of nitrogens with zero attached hydrogens (tertiary/aromatic N) is 1. The van der Waals surface area contributed by atoms with Gasteiger partial charge < -0.3 is 5.32 Å². The number of carbonyl (C=O) groups is 1. The highest BCUT2D eigenvalue weighted by Crippen LogP contribution is 2.43. The van der Waals surface area contributed by atoms with Gasteiger partial charge in [0.15, 0.2) is 0 Å². The summed E-state index contributed by atoms with van der Waals surface area (Å²) >= 11 is 0. The second kappa shape index (κ2) is 5.85. The lowest BCUT2D eigenvalue weighted by Gasteiger charge is -2.25. The van der Waals surface area contributed by atoms with Gasteiger partial charge in [0.2, 0.25) is 5.91 Å². The number of sulfonamides is 1. The fraction of sp³-hybridized carbons (Fsp3) is 0.150. The summed E-state index contributed by atoms with van der Waals surface area (Å²) in [5.74, 6) is -0.373. The first-order valence-corrected chi connectivity index (χ1v) is 9.77. The number of benzene rings is 3. The number of aryl methyl sites for hydroxylation is 1. The quantitative estimate of drug-likeness (QED) is 0.769. The van der Waals surface area contributed by atoms with Crippen LogP contribution in [-0.4, -0.2) is 20.4 Å². The minimum Gasteiger partial charge on any atom is -0.324 e. The minimum atomic E-state index is -3.77. The molecule has 3 aromatic carbocycles. The predicted octanol–water partition coefficient (Wildman–Crippen LogP) is 3.68. The summed E-state index contributed by atoms with van der Waals surface area (Å²) in [6.45, 7) is 3.56. The van der Waals surface area contributed by atoms with Crippen LogP contribution in [0.3, 0.4) is 0 Å². The van der Waals surface area contributed by atoms with Gasteiger partial charge in [-0.15, -0.1) is 0 Å². The molecule has 1 atom stereocenters. The first kappa shape index (κ1) is 16.6. The van der Waals surface area contributed by atoms with E-state index in [1.54, 1.807) is 43.3 Å². The standard InChI is InChI=1S/C20H18N2O3S/c1-13-9-11-16(12-10-13)21-20(23)14(2)22-17-7-3-5-15-6-4-8-18(19(15)17)26(22,24)25/h3-12,14H,1-2H3,(H,21,23)/t14-/m1/s1. The van der Waals surface area contributed by atoms with Crippen LogP contribution in [0.5, 0.6) is 0 Å². The van der Waals surface area contributed by atoms with Gasteiger partial charge in [-0.05, 0) is 43.5 Å². The molecule has 0 radical (unpaired) electrons. The fourth-order valence-electron chi connectivity index (χ4n) is 3.33. The predicted molar refractivity (Wildman–Crippen MR) is 103 cm³/mol. The summed E-state index contributed by atoms with van der Waals surface area (Å²) in [5, 5.41) is 4.31. The van der Waals surface area contributed by atoms with Gasteiger partial charge in [0, 0.05) is 11.1 Å². The smallest absolute Gasteiger partial charge is 0.265 e. The zero-order chi connectivity index (χ0) is 18.5. The minimum absolute atomic E-state index is 0.251. The van der Waals surface area contributed by atoms with Crippen molar-refractivity contribution in [2.75, 3.05) is 9.62 Å². The van der Waals surface area contributed by atoms with Crippen molar-refractivity contribution in [3.8, 4) is 0 Å². The summed E-state index contributed by atoms with van der Waals surface area (Å²) in [5.41, 5.74) is 2.27. The van der Waals surface area contributed by atoms with E-state index in [1.165, 1.54) is 4.31 Å². The molecule has 0 aliphatic carbocycles. The summed E-state index contributed by atoms with van der Waals surface area (Å²) in [6, 6.07) is 17.1. The molecule has 3 aromatic rings. The van der Waals surface area contributed by atoms with Gasteiger partial charge >= 0.3 is 0 Å². The Morgan fingerprint density at radius 2 is 1.65 bits per heavy atom. The van der Waals surface area contributed by atoms with Crippen LogP contribution < -0.4 is 9.62 Å². The van der Waals surface area contributed by atoms with E-state index in [0.717, 1.165) is 10.9 Å². The van der Waals surface area contributed by atoms with Crippen LogP contribution >= 0.6 is 0 Å². The molecule has 26 heavy (non-hydrogen) atoms. The molecule has 1 amide bonds. The average molecular weight is 366 g/mol. The van der Waals surface area contributed by atoms with Gasteiger partial charge in [-0.3, -0.25) is 9.10 Å². The van der Waals surface area contributed by atoms with E-state index in [-0.39, 0.29) is 10.8 Å². The van der Waals surface area contributed by atoms with Gasteiger partial charge in [-0.25, -0.2) is 8.42 Å². The molecule has 132 valence electrons. The molecule has 0 spiro atoms. The summed E-state index contributed by atoms with van der Waals surface area (Å²) in [7, 11) is -3.77. The number of hydrogen-bond acceptors (Lipinski definition) is 3. The van der Waals surface area contributed by atoms with Crippen molar-refractivity contribution in [2.24, 2.45) is 0 Å². The Morgan fingerprint density at radius 1 is 1.00 bits per heavy atom. The maximum absolute atomic E-state index is 13.1. The molecule has 1 heterocycles. The lowest BCUT2D eigenvalue weighted by molar-refractivity contribution is -0.116. The molecular formula is C20H18N2O3S. The highest BCUT2D eigenvalue weighted by Gasteiger charge is 2.40. The third-order valence-corrected chi connectivity index (χ3v) is 6.60. The lowest BCUT2D eigenvalue weighted by atomic mass is 10.1. The van der Waals surface area contributed by atoms with E-state index >= 15 is 0 Å². The summed E-state index contributed by atoms with van der Waals surface area (Å²) in [4.78, 5) is 13.0. The maximum Gasteiger partial charge on any atom is 0.265 e. The van der Waals surface area contributed by atoms with Crippen molar-refractivity contribution in [1.82, 2.24) is 0 Å². The van der Waals surface area contributed by atoms with E-state index in [9.17, 15) is 13.2 Å². The lowest BCUT2D eigenvalue weighted by Crippen LogP contribution is -2.43. The Hall–Kier alpha value is -2.86. The third kappa shape index (κ3) is 2.45. The Kier molecular flexibility index (Phi) is 3.73. The van der Waals surface area contributed by atoms with Gasteiger partial charge in [0.05, 0.1) is 10.6 Å². The largest absolute Gasteiger partial charge is 0.324 e. The fourth-order valence-corrected chi connectivity index (χ4v) is 5.19. The van der Waals surface area contributed by atoms with Crippen LogP contribution in [0.25, 0.3) is 10.8 Å². The molecule has 0 bridgehead atoms. The average Bonchev–Trinajstić information content (AvgIpc) is 2.85. The Labute approximate surface area is 152 Å². The number of hydrogen-bond donors (Lipinski definition) is 1. The molecule has 5 nitrogen and oxygen atoms in total. The second-order valence-electron chi connectivity index (χ2n) is 6.46. The first-order chi connectivity index (χ1) is 12.4. The molecule has 1 aliphatic rings. The second-order valence-corrected chi connectivity index (χ2v) is 8.25. The van der Waals surface area contributed by atoms with Crippen LogP contribution in [-0.2, 0) is 14.8 Å². The van der Waals surface area contributed by atoms with Gasteiger partial charge in [-0.2, -0.15) is 0 Å². The van der Waals surface area contributed by atoms with Crippen molar-refractivity contribution in [3.63, 3.8) is 0 Å². The molecule has 0 saturated heterocycles. The monoisotopic (exact) mass is 366 g/mol. The van der Waals surface area contributed by atoms with Crippen LogP contribution in [0.2, 0.25) is 0 Å². The highest BCUT2D eigenvalue weighted by molar-refractivity contribution is 7.93.